The summed E-state index contributed by atoms with van der Waals surface area (Å²) in [5, 5.41) is 0. The van der Waals surface area contributed by atoms with Crippen LogP contribution in [0.25, 0.3) is 0 Å². The molecule has 2 unspecified atom stereocenters. The van der Waals surface area contributed by atoms with Crippen LogP contribution < -0.4 is 10.6 Å². The molecular weight excluding hydrogens is 210 g/mol. The van der Waals surface area contributed by atoms with Gasteiger partial charge in [-0.15, -0.1) is 0 Å². The van der Waals surface area contributed by atoms with Crippen LogP contribution in [0.4, 0.5) is 5.69 Å². The predicted molar refractivity (Wildman–Crippen MR) is 73.3 cm³/mol. The van der Waals surface area contributed by atoms with Crippen LogP contribution in [0.2, 0.25) is 0 Å². The molecule has 0 aliphatic carbocycles. The van der Waals surface area contributed by atoms with Crippen LogP contribution in [0.3, 0.4) is 0 Å². The third kappa shape index (κ3) is 2.79. The average Bonchev–Trinajstić information content (AvgIpc) is 2.30. The van der Waals surface area contributed by atoms with Crippen molar-refractivity contribution in [2.45, 2.75) is 25.4 Å². The Morgan fingerprint density at radius 3 is 2.59 bits per heavy atom. The second kappa shape index (κ2) is 5.52. The normalized spacial score (nSPS) is 26.2. The van der Waals surface area contributed by atoms with Crippen LogP contribution in [0, 0.1) is 0 Å². The molecule has 1 heterocycles. The first kappa shape index (κ1) is 12.4. The lowest BCUT2D eigenvalue weighted by Gasteiger charge is -2.46. The van der Waals surface area contributed by atoms with Crippen molar-refractivity contribution in [3.8, 4) is 0 Å². The van der Waals surface area contributed by atoms with E-state index in [0.29, 0.717) is 12.1 Å². The molecule has 0 aromatic heterocycles. The summed E-state index contributed by atoms with van der Waals surface area (Å²) in [5.41, 5.74) is 7.07. The SMILES string of the molecule is CC1CN(C)CC(CCN)N1c1ccccc1. The van der Waals surface area contributed by atoms with Gasteiger partial charge >= 0.3 is 0 Å². The Hall–Kier alpha value is -1.06. The molecule has 3 heteroatoms. The lowest BCUT2D eigenvalue weighted by molar-refractivity contribution is 0.227. The van der Waals surface area contributed by atoms with Crippen molar-refractivity contribution < 1.29 is 0 Å². The standard InChI is InChI=1S/C14H23N3/c1-12-10-16(2)11-14(8-9-15)17(12)13-6-4-3-5-7-13/h3-7,12,14H,8-11,15H2,1-2H3. The van der Waals surface area contributed by atoms with Crippen molar-refractivity contribution in [1.29, 1.82) is 0 Å². The number of benzene rings is 1. The summed E-state index contributed by atoms with van der Waals surface area (Å²) in [6.45, 7) is 5.28. The molecule has 3 nitrogen and oxygen atoms in total. The number of hydrogen-bond donors (Lipinski definition) is 1. The van der Waals surface area contributed by atoms with E-state index in [1.165, 1.54) is 5.69 Å². The van der Waals surface area contributed by atoms with Crippen LogP contribution in [-0.2, 0) is 0 Å². The highest BCUT2D eigenvalue weighted by atomic mass is 15.3. The van der Waals surface area contributed by atoms with Gasteiger partial charge in [-0.1, -0.05) is 18.2 Å². The fourth-order valence-electron chi connectivity index (χ4n) is 2.91. The Kier molecular flexibility index (Phi) is 4.02. The van der Waals surface area contributed by atoms with Crippen LogP contribution in [-0.4, -0.2) is 43.7 Å². The average molecular weight is 233 g/mol. The van der Waals surface area contributed by atoms with E-state index in [-0.39, 0.29) is 0 Å². The molecule has 0 spiro atoms. The Morgan fingerprint density at radius 1 is 1.24 bits per heavy atom. The minimum Gasteiger partial charge on any atom is -0.363 e. The van der Waals surface area contributed by atoms with Crippen LogP contribution in [0.5, 0.6) is 0 Å². The summed E-state index contributed by atoms with van der Waals surface area (Å²) in [5.74, 6) is 0. The maximum absolute atomic E-state index is 5.75. The lowest BCUT2D eigenvalue weighted by atomic mass is 10.0. The second-order valence-electron chi connectivity index (χ2n) is 5.04. The molecule has 1 aliphatic heterocycles. The number of anilines is 1. The van der Waals surface area contributed by atoms with E-state index in [1.54, 1.807) is 0 Å². The highest BCUT2D eigenvalue weighted by Crippen LogP contribution is 2.25. The zero-order chi connectivity index (χ0) is 12.3. The van der Waals surface area contributed by atoms with Gasteiger partial charge in [0.1, 0.15) is 0 Å². The van der Waals surface area contributed by atoms with Gasteiger partial charge in [-0.25, -0.2) is 0 Å². The van der Waals surface area contributed by atoms with E-state index in [0.717, 1.165) is 26.1 Å². The van der Waals surface area contributed by atoms with Gasteiger partial charge in [-0.2, -0.15) is 0 Å². The molecule has 2 N–H and O–H groups in total. The van der Waals surface area contributed by atoms with Gasteiger partial charge in [0.05, 0.1) is 0 Å². The Balaban J connectivity index is 2.21. The van der Waals surface area contributed by atoms with Gasteiger partial charge in [0.2, 0.25) is 0 Å². The summed E-state index contributed by atoms with van der Waals surface area (Å²) in [6, 6.07) is 11.8. The number of piperazine rings is 1. The van der Waals surface area contributed by atoms with Crippen molar-refractivity contribution in [2.75, 3.05) is 31.6 Å². The van der Waals surface area contributed by atoms with Gasteiger partial charge in [0.15, 0.2) is 0 Å². The minimum absolute atomic E-state index is 0.538. The van der Waals surface area contributed by atoms with Crippen molar-refractivity contribution in [3.05, 3.63) is 30.3 Å². The van der Waals surface area contributed by atoms with Crippen LogP contribution >= 0.6 is 0 Å². The molecule has 1 aliphatic rings. The summed E-state index contributed by atoms with van der Waals surface area (Å²) in [4.78, 5) is 4.94. The quantitative estimate of drug-likeness (QED) is 0.859. The molecule has 94 valence electrons. The van der Waals surface area contributed by atoms with Crippen molar-refractivity contribution >= 4 is 5.69 Å². The third-order valence-corrected chi connectivity index (χ3v) is 3.52. The van der Waals surface area contributed by atoms with Crippen molar-refractivity contribution in [2.24, 2.45) is 5.73 Å². The third-order valence-electron chi connectivity index (χ3n) is 3.52. The summed E-state index contributed by atoms with van der Waals surface area (Å²) >= 11 is 0. The predicted octanol–water partition coefficient (Wildman–Crippen LogP) is 1.54. The van der Waals surface area contributed by atoms with Crippen molar-refractivity contribution in [1.82, 2.24) is 4.90 Å². The largest absolute Gasteiger partial charge is 0.363 e. The molecule has 17 heavy (non-hydrogen) atoms. The van der Waals surface area contributed by atoms with E-state index in [2.05, 4.69) is 54.1 Å². The Bertz CT molecular complexity index is 339. The highest BCUT2D eigenvalue weighted by Gasteiger charge is 2.29. The molecule has 1 aromatic rings. The maximum atomic E-state index is 5.75. The van der Waals surface area contributed by atoms with Crippen LogP contribution in [0.1, 0.15) is 13.3 Å². The number of nitrogens with zero attached hydrogens (tertiary/aromatic N) is 2. The number of para-hydroxylation sites is 1. The molecular formula is C14H23N3. The zero-order valence-electron chi connectivity index (χ0n) is 10.8. The van der Waals surface area contributed by atoms with Gasteiger partial charge in [0, 0.05) is 30.9 Å². The first-order chi connectivity index (χ1) is 8.22. The first-order valence-electron chi connectivity index (χ1n) is 6.44. The Labute approximate surface area is 104 Å². The topological polar surface area (TPSA) is 32.5 Å². The molecule has 0 bridgehead atoms. The highest BCUT2D eigenvalue weighted by molar-refractivity contribution is 5.48. The molecule has 1 aromatic carbocycles. The minimum atomic E-state index is 0.538. The summed E-state index contributed by atoms with van der Waals surface area (Å²) in [7, 11) is 2.20. The number of likely N-dealkylation sites (N-methyl/N-ethyl adjacent to an activating group) is 1. The van der Waals surface area contributed by atoms with E-state index in [9.17, 15) is 0 Å². The molecule has 2 atom stereocenters. The van der Waals surface area contributed by atoms with Gasteiger partial charge < -0.3 is 15.5 Å². The lowest BCUT2D eigenvalue weighted by Crippen LogP contribution is -2.57. The van der Waals surface area contributed by atoms with E-state index in [4.69, 9.17) is 5.73 Å². The smallest absolute Gasteiger partial charge is 0.0432 e. The molecule has 1 saturated heterocycles. The van der Waals surface area contributed by atoms with Gasteiger partial charge in [0.25, 0.3) is 0 Å². The van der Waals surface area contributed by atoms with E-state index in [1.807, 2.05) is 0 Å². The number of nitrogens with two attached hydrogens (primary N) is 1. The fraction of sp³-hybridized carbons (Fsp3) is 0.571. The van der Waals surface area contributed by atoms with E-state index < -0.39 is 0 Å². The van der Waals surface area contributed by atoms with Crippen molar-refractivity contribution in [3.63, 3.8) is 0 Å². The molecule has 0 radical (unpaired) electrons. The zero-order valence-corrected chi connectivity index (χ0v) is 10.8. The molecule has 0 saturated carbocycles. The molecule has 2 rings (SSSR count). The number of rotatable bonds is 3. The second-order valence-corrected chi connectivity index (χ2v) is 5.04. The van der Waals surface area contributed by atoms with Gasteiger partial charge in [-0.3, -0.25) is 0 Å². The van der Waals surface area contributed by atoms with Crippen LogP contribution in [0.15, 0.2) is 30.3 Å². The summed E-state index contributed by atoms with van der Waals surface area (Å²) < 4.78 is 0. The molecule has 1 fully saturated rings. The van der Waals surface area contributed by atoms with E-state index >= 15 is 0 Å². The monoisotopic (exact) mass is 233 g/mol. The Morgan fingerprint density at radius 2 is 1.94 bits per heavy atom. The fourth-order valence-corrected chi connectivity index (χ4v) is 2.91. The number of hydrogen-bond acceptors (Lipinski definition) is 3. The van der Waals surface area contributed by atoms with Gasteiger partial charge in [-0.05, 0) is 39.1 Å². The summed E-state index contributed by atoms with van der Waals surface area (Å²) in [6.07, 6.45) is 1.06. The maximum Gasteiger partial charge on any atom is 0.0432 e. The first-order valence-corrected chi connectivity index (χ1v) is 6.44. The molecule has 0 amide bonds.